The number of rotatable bonds is 5. The van der Waals surface area contributed by atoms with Gasteiger partial charge in [-0.25, -0.2) is 0 Å². The van der Waals surface area contributed by atoms with E-state index in [0.29, 0.717) is 26.2 Å². The van der Waals surface area contributed by atoms with Crippen LogP contribution in [0.2, 0.25) is 0 Å². The molecule has 2 aliphatic heterocycles. The van der Waals surface area contributed by atoms with Gasteiger partial charge in [-0.3, -0.25) is 0 Å². The summed E-state index contributed by atoms with van der Waals surface area (Å²) < 4.78 is 39.9. The molecule has 1 aromatic heterocycles. The zero-order valence-corrected chi connectivity index (χ0v) is 13.8. The number of piperidine rings is 1. The van der Waals surface area contributed by atoms with Gasteiger partial charge in [0.15, 0.2) is 0 Å². The first kappa shape index (κ1) is 16.0. The maximum Gasteiger partial charge on any atom is 0.282 e. The van der Waals surface area contributed by atoms with Gasteiger partial charge in [-0.05, 0) is 43.7 Å². The van der Waals surface area contributed by atoms with Crippen LogP contribution in [0.3, 0.4) is 0 Å². The Morgan fingerprint density at radius 3 is 2.86 bits per heavy atom. The van der Waals surface area contributed by atoms with Crippen molar-refractivity contribution in [2.75, 3.05) is 33.4 Å². The van der Waals surface area contributed by atoms with E-state index in [1.165, 1.54) is 0 Å². The molecule has 0 amide bonds. The van der Waals surface area contributed by atoms with Gasteiger partial charge < -0.3 is 9.15 Å². The molecule has 6 nitrogen and oxygen atoms in total. The third kappa shape index (κ3) is 3.08. The number of ether oxygens (including phenoxy) is 1. The van der Waals surface area contributed by atoms with Crippen molar-refractivity contribution >= 4 is 10.2 Å². The minimum atomic E-state index is -3.44. The third-order valence-electron chi connectivity index (χ3n) is 4.58. The summed E-state index contributed by atoms with van der Waals surface area (Å²) in [7, 11) is -1.77. The maximum absolute atomic E-state index is 13.0. The first-order valence-corrected chi connectivity index (χ1v) is 9.32. The quantitative estimate of drug-likeness (QED) is 0.829. The maximum atomic E-state index is 13.0. The highest BCUT2D eigenvalue weighted by Gasteiger charge is 2.41. The summed E-state index contributed by atoms with van der Waals surface area (Å²) in [5.74, 6) is 1.03. The summed E-state index contributed by atoms with van der Waals surface area (Å²) in [5.41, 5.74) is 0. The van der Waals surface area contributed by atoms with Crippen LogP contribution in [0.5, 0.6) is 0 Å². The van der Waals surface area contributed by atoms with E-state index in [1.807, 2.05) is 12.1 Å². The molecule has 0 saturated carbocycles. The van der Waals surface area contributed by atoms with Crippen molar-refractivity contribution in [2.24, 2.45) is 5.92 Å². The van der Waals surface area contributed by atoms with E-state index in [-0.39, 0.29) is 12.0 Å². The van der Waals surface area contributed by atoms with Crippen molar-refractivity contribution in [3.63, 3.8) is 0 Å². The van der Waals surface area contributed by atoms with Gasteiger partial charge in [0, 0.05) is 26.7 Å². The number of hydrogen-bond acceptors (Lipinski definition) is 4. The Bertz CT molecular complexity index is 570. The molecular weight excluding hydrogens is 304 g/mol. The number of methoxy groups -OCH3 is 1. The second kappa shape index (κ2) is 6.70. The fourth-order valence-corrected chi connectivity index (χ4v) is 5.48. The van der Waals surface area contributed by atoms with E-state index in [1.54, 1.807) is 22.0 Å². The molecule has 3 heterocycles. The monoisotopic (exact) mass is 328 g/mol. The lowest BCUT2D eigenvalue weighted by Crippen LogP contribution is -2.48. The predicted octanol–water partition coefficient (Wildman–Crippen LogP) is 2.02. The zero-order valence-electron chi connectivity index (χ0n) is 13.0. The van der Waals surface area contributed by atoms with Crippen LogP contribution < -0.4 is 0 Å². The van der Waals surface area contributed by atoms with Gasteiger partial charge in [0.25, 0.3) is 10.2 Å². The minimum absolute atomic E-state index is 0.164. The minimum Gasteiger partial charge on any atom is -0.468 e. The van der Waals surface area contributed by atoms with E-state index in [9.17, 15) is 8.42 Å². The zero-order chi connectivity index (χ0) is 15.6. The van der Waals surface area contributed by atoms with Crippen LogP contribution in [0.15, 0.2) is 22.8 Å². The third-order valence-corrected chi connectivity index (χ3v) is 6.60. The van der Waals surface area contributed by atoms with Crippen LogP contribution in [0.1, 0.15) is 37.5 Å². The van der Waals surface area contributed by atoms with Crippen LogP contribution in [0, 0.1) is 5.92 Å². The van der Waals surface area contributed by atoms with Gasteiger partial charge in [0.2, 0.25) is 0 Å². The van der Waals surface area contributed by atoms with Gasteiger partial charge in [-0.15, -0.1) is 0 Å². The summed E-state index contributed by atoms with van der Waals surface area (Å²) in [6.07, 6.45) is 5.23. The molecule has 2 atom stereocenters. The fraction of sp³-hybridized carbons (Fsp3) is 0.733. The molecule has 0 bridgehead atoms. The molecule has 3 rings (SSSR count). The highest BCUT2D eigenvalue weighted by molar-refractivity contribution is 7.86. The van der Waals surface area contributed by atoms with E-state index >= 15 is 0 Å². The molecule has 2 fully saturated rings. The normalized spacial score (nSPS) is 28.2. The van der Waals surface area contributed by atoms with Crippen molar-refractivity contribution in [1.82, 2.24) is 8.61 Å². The predicted molar refractivity (Wildman–Crippen MR) is 82.5 cm³/mol. The largest absolute Gasteiger partial charge is 0.468 e. The number of hydrogen-bond donors (Lipinski definition) is 0. The summed E-state index contributed by atoms with van der Waals surface area (Å²) in [4.78, 5) is 0. The summed E-state index contributed by atoms with van der Waals surface area (Å²) in [5, 5.41) is 0. The molecule has 124 valence electrons. The van der Waals surface area contributed by atoms with Crippen molar-refractivity contribution in [3.05, 3.63) is 24.2 Å². The Balaban J connectivity index is 1.77. The van der Waals surface area contributed by atoms with Gasteiger partial charge in [-0.2, -0.15) is 17.0 Å². The first-order chi connectivity index (χ1) is 10.6. The molecule has 2 saturated heterocycles. The fourth-order valence-electron chi connectivity index (χ4n) is 3.54. The van der Waals surface area contributed by atoms with Crippen molar-refractivity contribution in [2.45, 2.75) is 31.7 Å². The van der Waals surface area contributed by atoms with E-state index in [4.69, 9.17) is 9.15 Å². The second-order valence-electron chi connectivity index (χ2n) is 6.11. The number of furan rings is 1. The lowest BCUT2D eigenvalue weighted by atomic mass is 10.0. The molecule has 0 radical (unpaired) electrons. The summed E-state index contributed by atoms with van der Waals surface area (Å²) in [6.45, 7) is 2.34. The molecule has 1 aromatic rings. The lowest BCUT2D eigenvalue weighted by Gasteiger charge is -2.35. The molecule has 0 aliphatic carbocycles. The Kier molecular flexibility index (Phi) is 4.87. The molecule has 0 spiro atoms. The average molecular weight is 328 g/mol. The second-order valence-corrected chi connectivity index (χ2v) is 7.99. The molecule has 2 aliphatic rings. The summed E-state index contributed by atoms with van der Waals surface area (Å²) >= 11 is 0. The SMILES string of the molecule is COC[C@H]1CCCN(S(=O)(=O)N2CCC[C@@H]2c2ccco2)C1. The standard InChI is InChI=1S/C15H24N2O4S/c1-20-12-13-5-2-8-16(11-13)22(18,19)17-9-3-6-14(17)15-7-4-10-21-15/h4,7,10,13-14H,2-3,5-6,8-9,11-12H2,1H3/t13-,14+/m0/s1. The van der Waals surface area contributed by atoms with Crippen LogP contribution in [-0.2, 0) is 14.9 Å². The van der Waals surface area contributed by atoms with E-state index in [2.05, 4.69) is 0 Å². The van der Waals surface area contributed by atoms with Crippen LogP contribution in [0.25, 0.3) is 0 Å². The highest BCUT2D eigenvalue weighted by Crippen LogP contribution is 2.36. The molecule has 22 heavy (non-hydrogen) atoms. The van der Waals surface area contributed by atoms with E-state index in [0.717, 1.165) is 31.4 Å². The first-order valence-electron chi connectivity index (χ1n) is 7.92. The average Bonchev–Trinajstić information content (AvgIpc) is 3.19. The molecule has 0 aromatic carbocycles. The van der Waals surface area contributed by atoms with E-state index < -0.39 is 10.2 Å². The molecular formula is C15H24N2O4S. The highest BCUT2D eigenvalue weighted by atomic mass is 32.2. The molecule has 0 N–H and O–H groups in total. The van der Waals surface area contributed by atoms with Crippen LogP contribution >= 0.6 is 0 Å². The van der Waals surface area contributed by atoms with Crippen molar-refractivity contribution in [3.8, 4) is 0 Å². The van der Waals surface area contributed by atoms with Gasteiger partial charge in [-0.1, -0.05) is 0 Å². The topological polar surface area (TPSA) is 63.0 Å². The summed E-state index contributed by atoms with van der Waals surface area (Å²) in [6, 6.07) is 3.51. The lowest BCUT2D eigenvalue weighted by molar-refractivity contribution is 0.116. The number of nitrogens with zero attached hydrogens (tertiary/aromatic N) is 2. The Labute approximate surface area is 132 Å². The van der Waals surface area contributed by atoms with Crippen molar-refractivity contribution in [1.29, 1.82) is 0 Å². The molecule has 7 heteroatoms. The Hall–Kier alpha value is -0.890. The van der Waals surface area contributed by atoms with Crippen molar-refractivity contribution < 1.29 is 17.6 Å². The Morgan fingerprint density at radius 2 is 2.14 bits per heavy atom. The smallest absolute Gasteiger partial charge is 0.282 e. The van der Waals surface area contributed by atoms with Gasteiger partial charge in [0.05, 0.1) is 18.9 Å². The van der Waals surface area contributed by atoms with Crippen LogP contribution in [-0.4, -0.2) is 50.4 Å². The Morgan fingerprint density at radius 1 is 1.32 bits per heavy atom. The van der Waals surface area contributed by atoms with Crippen LogP contribution in [0.4, 0.5) is 0 Å². The van der Waals surface area contributed by atoms with Gasteiger partial charge in [0.1, 0.15) is 5.76 Å². The van der Waals surface area contributed by atoms with Gasteiger partial charge >= 0.3 is 0 Å². The molecule has 0 unspecified atom stereocenters.